The zero-order valence-corrected chi connectivity index (χ0v) is 8.97. The van der Waals surface area contributed by atoms with Crippen LogP contribution in [0.2, 0.25) is 0 Å². The van der Waals surface area contributed by atoms with Crippen molar-refractivity contribution < 1.29 is 0 Å². The molecule has 5 nitrogen and oxygen atoms in total. The largest absolute Gasteiger partial charge is 0.310 e. The smallest absolute Gasteiger partial charge is 0.267 e. The van der Waals surface area contributed by atoms with Gasteiger partial charge in [-0.25, -0.2) is 4.98 Å². The number of nitrogens with one attached hydrogen (secondary N) is 1. The Morgan fingerprint density at radius 2 is 2.38 bits per heavy atom. The number of nitrogens with zero attached hydrogens (tertiary/aromatic N) is 3. The van der Waals surface area contributed by atoms with Crippen molar-refractivity contribution in [1.29, 1.82) is 0 Å². The zero-order valence-electron chi connectivity index (χ0n) is 8.97. The predicted molar refractivity (Wildman–Crippen MR) is 60.4 cm³/mol. The molecule has 0 saturated heterocycles. The number of fused-ring (bicyclic) bond motifs is 1. The Bertz CT molecular complexity index is 602. The molecule has 1 fully saturated rings. The number of hydrogen-bond donors (Lipinski definition) is 1. The predicted octanol–water partition coefficient (Wildman–Crippen LogP) is 0.565. The molecule has 0 amide bonds. The van der Waals surface area contributed by atoms with Gasteiger partial charge in [-0.15, -0.1) is 0 Å². The second-order valence-corrected chi connectivity index (χ2v) is 4.44. The summed E-state index contributed by atoms with van der Waals surface area (Å²) in [5, 5.41) is 4.27. The summed E-state index contributed by atoms with van der Waals surface area (Å²) in [7, 11) is 5.60. The first kappa shape index (κ1) is 9.63. The molecule has 2 heterocycles. The van der Waals surface area contributed by atoms with Crippen molar-refractivity contribution in [2.75, 3.05) is 0 Å². The van der Waals surface area contributed by atoms with E-state index in [4.69, 9.17) is 7.98 Å². The summed E-state index contributed by atoms with van der Waals surface area (Å²) in [5.41, 5.74) is 0.300. The molecule has 1 saturated carbocycles. The lowest BCUT2D eigenvalue weighted by molar-refractivity contribution is 0.269. The van der Waals surface area contributed by atoms with Gasteiger partial charge in [-0.3, -0.25) is 4.79 Å². The maximum atomic E-state index is 11.8. The molecule has 3 rings (SSSR count). The van der Waals surface area contributed by atoms with Gasteiger partial charge in [0.05, 0.1) is 6.20 Å². The number of aromatic amines is 1. The molecule has 2 aromatic heterocycles. The molecule has 2 aromatic rings. The van der Waals surface area contributed by atoms with Crippen LogP contribution in [0.4, 0.5) is 0 Å². The highest BCUT2D eigenvalue weighted by molar-refractivity contribution is 6.09. The Balaban J connectivity index is 2.20. The lowest BCUT2D eigenvalue weighted by atomic mass is 9.74. The van der Waals surface area contributed by atoms with Crippen molar-refractivity contribution in [3.63, 3.8) is 0 Å². The van der Waals surface area contributed by atoms with E-state index < -0.39 is 0 Å². The molecule has 2 unspecified atom stereocenters. The molecule has 2 radical (unpaired) electrons. The molecule has 0 aliphatic heterocycles. The third-order valence-corrected chi connectivity index (χ3v) is 3.45. The highest BCUT2D eigenvalue weighted by Gasteiger charge is 2.30. The Morgan fingerprint density at radius 3 is 3.00 bits per heavy atom. The normalized spacial score (nSPS) is 24.6. The van der Waals surface area contributed by atoms with E-state index in [1.807, 2.05) is 0 Å². The topological polar surface area (TPSA) is 63.6 Å². The Morgan fingerprint density at radius 1 is 1.56 bits per heavy atom. The van der Waals surface area contributed by atoms with E-state index in [0.717, 1.165) is 16.8 Å². The fourth-order valence-corrected chi connectivity index (χ4v) is 2.20. The second kappa shape index (κ2) is 3.20. The van der Waals surface area contributed by atoms with Crippen LogP contribution in [0.1, 0.15) is 31.5 Å². The molecule has 1 aliphatic carbocycles. The molecular weight excluding hydrogens is 203 g/mol. The second-order valence-electron chi connectivity index (χ2n) is 4.44. The number of hydrogen-bond acceptors (Lipinski definition) is 3. The first-order valence-electron chi connectivity index (χ1n) is 5.40. The Hall–Kier alpha value is -1.59. The van der Waals surface area contributed by atoms with Crippen molar-refractivity contribution in [2.45, 2.75) is 25.7 Å². The van der Waals surface area contributed by atoms with Crippen LogP contribution in [0.5, 0.6) is 0 Å². The van der Waals surface area contributed by atoms with Gasteiger partial charge in [0.1, 0.15) is 11.2 Å². The highest BCUT2D eigenvalue weighted by Crippen LogP contribution is 2.40. The summed E-state index contributed by atoms with van der Waals surface area (Å²) in [4.78, 5) is 19.0. The molecule has 0 bridgehead atoms. The van der Waals surface area contributed by atoms with Crippen LogP contribution < -0.4 is 5.56 Å². The maximum Gasteiger partial charge on any atom is 0.267 e. The van der Waals surface area contributed by atoms with Crippen LogP contribution in [0.15, 0.2) is 11.0 Å². The van der Waals surface area contributed by atoms with Gasteiger partial charge in [0.2, 0.25) is 0 Å². The van der Waals surface area contributed by atoms with Gasteiger partial charge in [-0.05, 0) is 18.8 Å². The molecule has 16 heavy (non-hydrogen) atoms. The number of rotatable bonds is 1. The van der Waals surface area contributed by atoms with E-state index in [0.29, 0.717) is 22.9 Å². The van der Waals surface area contributed by atoms with Gasteiger partial charge in [0.15, 0.2) is 5.65 Å². The summed E-state index contributed by atoms with van der Waals surface area (Å²) >= 11 is 0. The molecule has 0 spiro atoms. The molecule has 6 heteroatoms. The fraction of sp³-hybridized carbons (Fsp3) is 0.500. The molecule has 1 aliphatic rings. The third kappa shape index (κ3) is 1.22. The third-order valence-electron chi connectivity index (χ3n) is 3.45. The lowest BCUT2D eigenvalue weighted by Gasteiger charge is -2.32. The maximum absolute atomic E-state index is 11.8. The fourth-order valence-electron chi connectivity index (χ4n) is 2.20. The minimum atomic E-state index is -0.157. The number of H-pyrrole nitrogens is 1. The van der Waals surface area contributed by atoms with Crippen molar-refractivity contribution in [1.82, 2.24) is 19.7 Å². The van der Waals surface area contributed by atoms with E-state index in [1.54, 1.807) is 0 Å². The van der Waals surface area contributed by atoms with Crippen molar-refractivity contribution in [3.8, 4) is 0 Å². The Kier molecular flexibility index (Phi) is 1.93. The standard InChI is InChI=1S/C10H11BN4O/c1-5-2-3-6(5)8-13-9-7(10(16)14-8)4-12-15(9)11/h4-6H,2-3H2,1H3,(H,13,14,16). The summed E-state index contributed by atoms with van der Waals surface area (Å²) in [6.45, 7) is 2.16. The van der Waals surface area contributed by atoms with Crippen molar-refractivity contribution in [2.24, 2.45) is 5.92 Å². The lowest BCUT2D eigenvalue weighted by Crippen LogP contribution is -2.25. The van der Waals surface area contributed by atoms with Crippen LogP contribution in [-0.2, 0) is 0 Å². The zero-order chi connectivity index (χ0) is 11.3. The average Bonchev–Trinajstić information content (AvgIpc) is 2.59. The Labute approximate surface area is 93.3 Å². The average molecular weight is 214 g/mol. The molecule has 1 N–H and O–H groups in total. The molecular formula is C10H11BN4O. The minimum absolute atomic E-state index is 0.157. The van der Waals surface area contributed by atoms with E-state index in [9.17, 15) is 4.79 Å². The van der Waals surface area contributed by atoms with Crippen LogP contribution in [0, 0.1) is 5.92 Å². The van der Waals surface area contributed by atoms with E-state index in [1.165, 1.54) is 12.6 Å². The van der Waals surface area contributed by atoms with Crippen LogP contribution in [0.25, 0.3) is 11.0 Å². The van der Waals surface area contributed by atoms with E-state index in [2.05, 4.69) is 22.0 Å². The minimum Gasteiger partial charge on any atom is -0.310 e. The quantitative estimate of drug-likeness (QED) is 0.705. The first-order chi connectivity index (χ1) is 7.66. The van der Waals surface area contributed by atoms with Gasteiger partial charge in [0, 0.05) is 5.92 Å². The molecule has 80 valence electrons. The SMILES string of the molecule is [B]n1ncc2c(=O)[nH]c(C3CCC3C)nc21. The monoisotopic (exact) mass is 214 g/mol. The van der Waals surface area contributed by atoms with Crippen molar-refractivity contribution >= 4 is 19.0 Å². The van der Waals surface area contributed by atoms with Gasteiger partial charge >= 0.3 is 0 Å². The first-order valence-corrected chi connectivity index (χ1v) is 5.40. The van der Waals surface area contributed by atoms with Gasteiger partial charge in [0.25, 0.3) is 13.5 Å². The number of aromatic nitrogens is 4. The van der Waals surface area contributed by atoms with Gasteiger partial charge in [-0.1, -0.05) is 6.92 Å². The van der Waals surface area contributed by atoms with E-state index >= 15 is 0 Å². The van der Waals surface area contributed by atoms with Gasteiger partial charge < -0.3 is 9.58 Å². The summed E-state index contributed by atoms with van der Waals surface area (Å²) < 4.78 is 1.15. The van der Waals surface area contributed by atoms with E-state index in [-0.39, 0.29) is 5.56 Å². The van der Waals surface area contributed by atoms with Crippen LogP contribution >= 0.6 is 0 Å². The summed E-state index contributed by atoms with van der Waals surface area (Å²) in [6.07, 6.45) is 3.71. The van der Waals surface area contributed by atoms with Gasteiger partial charge in [-0.2, -0.15) is 5.10 Å². The van der Waals surface area contributed by atoms with Crippen molar-refractivity contribution in [3.05, 3.63) is 22.4 Å². The van der Waals surface area contributed by atoms with Crippen LogP contribution in [0.3, 0.4) is 0 Å². The summed E-state index contributed by atoms with van der Waals surface area (Å²) in [5.74, 6) is 1.67. The van der Waals surface area contributed by atoms with Crippen LogP contribution in [-0.4, -0.2) is 27.6 Å². The summed E-state index contributed by atoms with van der Waals surface area (Å²) in [6, 6.07) is 0. The highest BCUT2D eigenvalue weighted by atomic mass is 16.1. The molecule has 2 atom stereocenters. The molecule has 0 aromatic carbocycles.